The van der Waals surface area contributed by atoms with Crippen LogP contribution in [0.15, 0.2) is 0 Å². The topological polar surface area (TPSA) is 58.6 Å². The maximum absolute atomic E-state index is 11.6. The molecule has 0 atom stereocenters. The lowest BCUT2D eigenvalue weighted by Gasteiger charge is -2.41. The largest absolute Gasteiger partial charge is 0.375 e. The number of nitrogens with zero attached hydrogens (tertiary/aromatic N) is 1. The number of rotatable bonds is 2. The van der Waals surface area contributed by atoms with E-state index in [0.29, 0.717) is 13.1 Å². The fourth-order valence-electron chi connectivity index (χ4n) is 1.54. The zero-order valence-corrected chi connectivity index (χ0v) is 8.79. The predicted molar refractivity (Wildman–Crippen MR) is 50.7 cm³/mol. The van der Waals surface area contributed by atoms with Gasteiger partial charge in [-0.2, -0.15) is 0 Å². The quantitative estimate of drug-likeness (QED) is 0.645. The average Bonchev–Trinajstić information content (AvgIpc) is 2.10. The molecule has 1 fully saturated rings. The van der Waals surface area contributed by atoms with Gasteiger partial charge in [0.15, 0.2) is 0 Å². The first-order valence-electron chi connectivity index (χ1n) is 4.58. The van der Waals surface area contributed by atoms with Crippen molar-refractivity contribution in [1.82, 2.24) is 10.2 Å². The predicted octanol–water partition coefficient (Wildman–Crippen LogP) is -0.630. The Balaban J connectivity index is 2.76. The van der Waals surface area contributed by atoms with Gasteiger partial charge >= 0.3 is 0 Å². The van der Waals surface area contributed by atoms with Crippen LogP contribution < -0.4 is 5.32 Å². The van der Waals surface area contributed by atoms with Gasteiger partial charge in [0.2, 0.25) is 11.8 Å². The van der Waals surface area contributed by atoms with E-state index >= 15 is 0 Å². The van der Waals surface area contributed by atoms with E-state index in [2.05, 4.69) is 5.32 Å². The molecular weight excluding hydrogens is 184 g/mol. The van der Waals surface area contributed by atoms with Gasteiger partial charge in [0.05, 0.1) is 0 Å². The number of nitrogens with one attached hydrogen (secondary N) is 1. The van der Waals surface area contributed by atoms with Gasteiger partial charge in [-0.3, -0.25) is 9.59 Å². The molecule has 1 rings (SSSR count). The average molecular weight is 200 g/mol. The van der Waals surface area contributed by atoms with Gasteiger partial charge in [0.25, 0.3) is 0 Å². The van der Waals surface area contributed by atoms with E-state index in [0.717, 1.165) is 0 Å². The van der Waals surface area contributed by atoms with Crippen LogP contribution in [0.4, 0.5) is 0 Å². The summed E-state index contributed by atoms with van der Waals surface area (Å²) in [6, 6.07) is 0. The van der Waals surface area contributed by atoms with Crippen LogP contribution in [0.5, 0.6) is 0 Å². The van der Waals surface area contributed by atoms with Crippen molar-refractivity contribution in [3.8, 4) is 0 Å². The Morgan fingerprint density at radius 1 is 1.64 bits per heavy atom. The molecule has 80 valence electrons. The number of ether oxygens (including phenoxy) is 1. The van der Waals surface area contributed by atoms with Crippen molar-refractivity contribution in [2.75, 3.05) is 26.8 Å². The minimum absolute atomic E-state index is 0.0245. The standard InChI is InChI=1S/C9H16N2O3/c1-9(2)8(13)10-4-5-11(9)7(12)6-14-3/h4-6H2,1-3H3,(H,10,13). The fraction of sp³-hybridized carbons (Fsp3) is 0.778. The number of carbonyl (C=O) groups excluding carboxylic acids is 2. The molecule has 1 aliphatic rings. The first-order valence-corrected chi connectivity index (χ1v) is 4.58. The van der Waals surface area contributed by atoms with E-state index in [1.54, 1.807) is 18.7 Å². The van der Waals surface area contributed by atoms with E-state index < -0.39 is 5.54 Å². The van der Waals surface area contributed by atoms with Gasteiger partial charge in [-0.05, 0) is 13.8 Å². The summed E-state index contributed by atoms with van der Waals surface area (Å²) in [4.78, 5) is 24.6. The second-order valence-electron chi connectivity index (χ2n) is 3.79. The lowest BCUT2D eigenvalue weighted by Crippen LogP contribution is -2.63. The molecule has 0 radical (unpaired) electrons. The smallest absolute Gasteiger partial charge is 0.249 e. The molecule has 0 aromatic rings. The lowest BCUT2D eigenvalue weighted by molar-refractivity contribution is -0.151. The SMILES string of the molecule is COCC(=O)N1CCNC(=O)C1(C)C. The first-order chi connectivity index (χ1) is 6.50. The molecule has 1 heterocycles. The molecule has 0 unspecified atom stereocenters. The van der Waals surface area contributed by atoms with Crippen molar-refractivity contribution < 1.29 is 14.3 Å². The van der Waals surface area contributed by atoms with Gasteiger partial charge in [-0.15, -0.1) is 0 Å². The number of hydrogen-bond acceptors (Lipinski definition) is 3. The second-order valence-corrected chi connectivity index (χ2v) is 3.79. The maximum atomic E-state index is 11.6. The summed E-state index contributed by atoms with van der Waals surface area (Å²) in [6.45, 7) is 4.54. The molecule has 0 bridgehead atoms. The molecular formula is C9H16N2O3. The number of carbonyl (C=O) groups is 2. The van der Waals surface area contributed by atoms with Crippen molar-refractivity contribution >= 4 is 11.8 Å². The van der Waals surface area contributed by atoms with Crippen LogP contribution in [0.1, 0.15) is 13.8 Å². The molecule has 5 heteroatoms. The Hall–Kier alpha value is -1.10. The number of amides is 2. The van der Waals surface area contributed by atoms with E-state index in [1.807, 2.05) is 0 Å². The summed E-state index contributed by atoms with van der Waals surface area (Å²) >= 11 is 0. The zero-order valence-electron chi connectivity index (χ0n) is 8.79. The molecule has 0 spiro atoms. The lowest BCUT2D eigenvalue weighted by atomic mass is 9.99. The van der Waals surface area contributed by atoms with Crippen molar-refractivity contribution in [1.29, 1.82) is 0 Å². The Morgan fingerprint density at radius 3 is 2.86 bits per heavy atom. The van der Waals surface area contributed by atoms with Gasteiger partial charge in [-0.25, -0.2) is 0 Å². The highest BCUT2D eigenvalue weighted by molar-refractivity contribution is 5.92. The minimum atomic E-state index is -0.770. The van der Waals surface area contributed by atoms with Crippen molar-refractivity contribution in [2.45, 2.75) is 19.4 Å². The van der Waals surface area contributed by atoms with E-state index in [1.165, 1.54) is 7.11 Å². The Kier molecular flexibility index (Phi) is 3.10. The third kappa shape index (κ3) is 1.87. The molecule has 1 aliphatic heterocycles. The third-order valence-corrected chi connectivity index (χ3v) is 2.42. The second kappa shape index (κ2) is 3.96. The summed E-state index contributed by atoms with van der Waals surface area (Å²) in [5.74, 6) is -0.263. The molecule has 0 aliphatic carbocycles. The van der Waals surface area contributed by atoms with Crippen molar-refractivity contribution in [3.63, 3.8) is 0 Å². The van der Waals surface area contributed by atoms with Crippen molar-refractivity contribution in [2.24, 2.45) is 0 Å². The van der Waals surface area contributed by atoms with Gasteiger partial charge in [0.1, 0.15) is 12.1 Å². The summed E-state index contributed by atoms with van der Waals surface area (Å²) in [5.41, 5.74) is -0.770. The van der Waals surface area contributed by atoms with Crippen LogP contribution >= 0.6 is 0 Å². The number of piperazine rings is 1. The highest BCUT2D eigenvalue weighted by Gasteiger charge is 2.39. The van der Waals surface area contributed by atoms with Gasteiger partial charge in [0, 0.05) is 20.2 Å². The third-order valence-electron chi connectivity index (χ3n) is 2.42. The summed E-state index contributed by atoms with van der Waals surface area (Å²) < 4.78 is 4.76. The zero-order chi connectivity index (χ0) is 10.8. The Bertz CT molecular complexity index is 250. The monoisotopic (exact) mass is 200 g/mol. The van der Waals surface area contributed by atoms with E-state index in [9.17, 15) is 9.59 Å². The van der Waals surface area contributed by atoms with Gasteiger partial charge in [-0.1, -0.05) is 0 Å². The number of methoxy groups -OCH3 is 1. The normalized spacial score (nSPS) is 20.5. The molecule has 14 heavy (non-hydrogen) atoms. The highest BCUT2D eigenvalue weighted by Crippen LogP contribution is 2.17. The summed E-state index contributed by atoms with van der Waals surface area (Å²) in [6.07, 6.45) is 0. The molecule has 0 saturated carbocycles. The fourth-order valence-corrected chi connectivity index (χ4v) is 1.54. The first kappa shape index (κ1) is 11.0. The Morgan fingerprint density at radius 2 is 2.29 bits per heavy atom. The minimum Gasteiger partial charge on any atom is -0.375 e. The molecule has 1 N–H and O–H groups in total. The van der Waals surface area contributed by atoms with Crippen LogP contribution in [0.25, 0.3) is 0 Å². The van der Waals surface area contributed by atoms with Crippen LogP contribution in [-0.4, -0.2) is 49.1 Å². The van der Waals surface area contributed by atoms with Crippen LogP contribution in [-0.2, 0) is 14.3 Å². The van der Waals surface area contributed by atoms with Crippen molar-refractivity contribution in [3.05, 3.63) is 0 Å². The maximum Gasteiger partial charge on any atom is 0.249 e. The van der Waals surface area contributed by atoms with E-state index in [-0.39, 0.29) is 18.4 Å². The highest BCUT2D eigenvalue weighted by atomic mass is 16.5. The van der Waals surface area contributed by atoms with Gasteiger partial charge < -0.3 is 15.0 Å². The molecule has 0 aromatic carbocycles. The van der Waals surface area contributed by atoms with Crippen LogP contribution in [0.2, 0.25) is 0 Å². The van der Waals surface area contributed by atoms with Crippen LogP contribution in [0.3, 0.4) is 0 Å². The Labute approximate surface area is 83.4 Å². The molecule has 5 nitrogen and oxygen atoms in total. The van der Waals surface area contributed by atoms with Crippen LogP contribution in [0, 0.1) is 0 Å². The summed E-state index contributed by atoms with van der Waals surface area (Å²) in [7, 11) is 1.47. The molecule has 0 aromatic heterocycles. The number of hydrogen-bond donors (Lipinski definition) is 1. The summed E-state index contributed by atoms with van der Waals surface area (Å²) in [5, 5.41) is 2.73. The molecule has 1 saturated heterocycles. The van der Waals surface area contributed by atoms with E-state index in [4.69, 9.17) is 4.74 Å². The molecule has 2 amide bonds.